The third-order valence-electron chi connectivity index (χ3n) is 4.92. The van der Waals surface area contributed by atoms with E-state index in [1.165, 1.54) is 11.8 Å². The van der Waals surface area contributed by atoms with Gasteiger partial charge in [-0.05, 0) is 84.8 Å². The van der Waals surface area contributed by atoms with Gasteiger partial charge in [0.15, 0.2) is 16.7 Å². The van der Waals surface area contributed by atoms with Crippen LogP contribution in [0.3, 0.4) is 0 Å². The lowest BCUT2D eigenvalue weighted by Gasteiger charge is -2.13. The number of hydrogen-bond acceptors (Lipinski definition) is 5. The molecule has 0 aromatic heterocycles. The number of ether oxygens (including phenoxy) is 2. The van der Waals surface area contributed by atoms with E-state index < -0.39 is 0 Å². The van der Waals surface area contributed by atoms with Crippen molar-refractivity contribution in [3.63, 3.8) is 0 Å². The summed E-state index contributed by atoms with van der Waals surface area (Å²) in [7, 11) is 0. The highest BCUT2D eigenvalue weighted by Crippen LogP contribution is 2.33. The molecular weight excluding hydrogens is 536 g/mol. The number of nitrogens with zero attached hydrogens (tertiary/aromatic N) is 1. The zero-order valence-electron chi connectivity index (χ0n) is 18.6. The number of carbonyl (C=O) groups is 1. The fourth-order valence-electron chi connectivity index (χ4n) is 3.19. The molecule has 0 spiro atoms. The average molecular weight is 558 g/mol. The Balaban J connectivity index is 1.52. The molecule has 1 aliphatic heterocycles. The molecule has 1 heterocycles. The first-order chi connectivity index (χ1) is 16.4. The summed E-state index contributed by atoms with van der Waals surface area (Å²) in [6.07, 6.45) is 1.81. The molecule has 1 N–H and O–H groups in total. The van der Waals surface area contributed by atoms with Crippen molar-refractivity contribution in [1.29, 1.82) is 0 Å². The second-order valence-corrected chi connectivity index (χ2v) is 9.85. The number of rotatable bonds is 7. The molecule has 8 heteroatoms. The number of amidine groups is 1. The molecule has 0 saturated carbocycles. The molecule has 0 atom stereocenters. The van der Waals surface area contributed by atoms with Gasteiger partial charge in [-0.2, -0.15) is 0 Å². The van der Waals surface area contributed by atoms with Crippen LogP contribution in [0.1, 0.15) is 23.6 Å². The van der Waals surface area contributed by atoms with Gasteiger partial charge in [0, 0.05) is 9.50 Å². The van der Waals surface area contributed by atoms with Crippen LogP contribution >= 0.6 is 39.3 Å². The molecule has 1 amide bonds. The van der Waals surface area contributed by atoms with Gasteiger partial charge in [0.05, 0.1) is 17.2 Å². The standard InChI is InChI=1S/C26H22BrClN2O3S/c1-3-32-23-12-18(7-11-22(23)33-15-17-5-8-19(27)9-6-17)13-24-25(31)30-26(34-24)29-21-14-20(28)10-4-16(21)2/h4-14H,3,15H2,1-2H3,(H,29,30,31)/b24-13-. The number of hydrogen-bond donors (Lipinski definition) is 1. The van der Waals surface area contributed by atoms with Crippen LogP contribution in [0, 0.1) is 6.92 Å². The quantitative estimate of drug-likeness (QED) is 0.310. The van der Waals surface area contributed by atoms with Crippen molar-refractivity contribution in [2.75, 3.05) is 6.61 Å². The highest BCUT2D eigenvalue weighted by atomic mass is 79.9. The smallest absolute Gasteiger partial charge is 0.264 e. The molecule has 3 aromatic rings. The lowest BCUT2D eigenvalue weighted by Crippen LogP contribution is -2.19. The minimum absolute atomic E-state index is 0.197. The van der Waals surface area contributed by atoms with Crippen LogP contribution < -0.4 is 14.8 Å². The summed E-state index contributed by atoms with van der Waals surface area (Å²) in [5.74, 6) is 1.08. The van der Waals surface area contributed by atoms with Gasteiger partial charge < -0.3 is 14.8 Å². The lowest BCUT2D eigenvalue weighted by molar-refractivity contribution is -0.115. The van der Waals surface area contributed by atoms with Gasteiger partial charge in [-0.25, -0.2) is 4.99 Å². The molecule has 0 aliphatic carbocycles. The van der Waals surface area contributed by atoms with Gasteiger partial charge in [-0.3, -0.25) is 4.79 Å². The molecule has 1 fully saturated rings. The Kier molecular flexibility index (Phi) is 7.98. The fourth-order valence-corrected chi connectivity index (χ4v) is 4.45. The number of carbonyl (C=O) groups excluding carboxylic acids is 1. The molecular formula is C26H22BrClN2O3S. The molecule has 3 aromatic carbocycles. The highest BCUT2D eigenvalue weighted by Gasteiger charge is 2.24. The highest BCUT2D eigenvalue weighted by molar-refractivity contribution is 9.10. The van der Waals surface area contributed by atoms with Crippen LogP contribution in [0.4, 0.5) is 5.69 Å². The number of halogens is 2. The maximum atomic E-state index is 12.5. The first-order valence-electron chi connectivity index (χ1n) is 10.6. The lowest BCUT2D eigenvalue weighted by atomic mass is 10.2. The monoisotopic (exact) mass is 556 g/mol. The summed E-state index contributed by atoms with van der Waals surface area (Å²) in [5, 5.41) is 3.93. The summed E-state index contributed by atoms with van der Waals surface area (Å²) in [6, 6.07) is 19.1. The second kappa shape index (κ2) is 11.1. The van der Waals surface area contributed by atoms with E-state index in [2.05, 4.69) is 26.2 Å². The van der Waals surface area contributed by atoms with Gasteiger partial charge in [-0.1, -0.05) is 51.8 Å². The summed E-state index contributed by atoms with van der Waals surface area (Å²) >= 11 is 10.8. The van der Waals surface area contributed by atoms with Crippen molar-refractivity contribution >= 4 is 62.1 Å². The van der Waals surface area contributed by atoms with Crippen molar-refractivity contribution < 1.29 is 14.3 Å². The summed E-state index contributed by atoms with van der Waals surface area (Å²) in [6.45, 7) is 4.79. The van der Waals surface area contributed by atoms with E-state index in [4.69, 9.17) is 21.1 Å². The Morgan fingerprint density at radius 2 is 1.85 bits per heavy atom. The van der Waals surface area contributed by atoms with Crippen LogP contribution in [0.25, 0.3) is 6.08 Å². The molecule has 34 heavy (non-hydrogen) atoms. The van der Waals surface area contributed by atoms with Gasteiger partial charge in [-0.15, -0.1) is 0 Å². The van der Waals surface area contributed by atoms with Gasteiger partial charge >= 0.3 is 0 Å². The number of amides is 1. The van der Waals surface area contributed by atoms with Crippen molar-refractivity contribution in [3.05, 3.63) is 91.8 Å². The first-order valence-corrected chi connectivity index (χ1v) is 12.6. The Morgan fingerprint density at radius 3 is 2.62 bits per heavy atom. The third kappa shape index (κ3) is 6.23. The Bertz CT molecular complexity index is 1280. The molecule has 0 unspecified atom stereocenters. The zero-order valence-corrected chi connectivity index (χ0v) is 21.8. The SMILES string of the molecule is CCOc1cc(/C=C2\SC(=Nc3cc(Cl)ccc3C)NC2=O)ccc1OCc1ccc(Br)cc1. The minimum atomic E-state index is -0.197. The molecule has 174 valence electrons. The fraction of sp³-hybridized carbons (Fsp3) is 0.154. The summed E-state index contributed by atoms with van der Waals surface area (Å²) in [4.78, 5) is 17.6. The first kappa shape index (κ1) is 24.4. The average Bonchev–Trinajstić information content (AvgIpc) is 3.15. The molecule has 4 rings (SSSR count). The maximum absolute atomic E-state index is 12.5. The van der Waals surface area contributed by atoms with Crippen molar-refractivity contribution in [2.45, 2.75) is 20.5 Å². The molecule has 5 nitrogen and oxygen atoms in total. The molecule has 0 radical (unpaired) electrons. The maximum Gasteiger partial charge on any atom is 0.264 e. The number of aryl methyl sites for hydroxylation is 1. The molecule has 1 aliphatic rings. The van der Waals surface area contributed by atoms with E-state index in [1.807, 2.05) is 74.5 Å². The van der Waals surface area contributed by atoms with Crippen molar-refractivity contribution in [3.8, 4) is 11.5 Å². The number of aliphatic imine (C=N–C) groups is 1. The van der Waals surface area contributed by atoms with E-state index >= 15 is 0 Å². The Labute approximate surface area is 216 Å². The van der Waals surface area contributed by atoms with Crippen LogP contribution in [-0.2, 0) is 11.4 Å². The predicted octanol–water partition coefficient (Wildman–Crippen LogP) is 7.28. The number of nitrogens with one attached hydrogen (secondary N) is 1. The zero-order chi connectivity index (χ0) is 24.1. The Morgan fingerprint density at radius 1 is 1.06 bits per heavy atom. The third-order valence-corrected chi connectivity index (χ3v) is 6.59. The summed E-state index contributed by atoms with van der Waals surface area (Å²) < 4.78 is 12.8. The van der Waals surface area contributed by atoms with E-state index in [0.29, 0.717) is 39.8 Å². The van der Waals surface area contributed by atoms with E-state index in [0.717, 1.165) is 26.9 Å². The van der Waals surface area contributed by atoms with E-state index in [9.17, 15) is 4.79 Å². The van der Waals surface area contributed by atoms with Gasteiger partial charge in [0.1, 0.15) is 6.61 Å². The normalized spacial score (nSPS) is 15.6. The van der Waals surface area contributed by atoms with E-state index in [-0.39, 0.29) is 5.91 Å². The Hall–Kier alpha value is -2.74. The van der Waals surface area contributed by atoms with Gasteiger partial charge in [0.25, 0.3) is 5.91 Å². The van der Waals surface area contributed by atoms with Crippen LogP contribution in [0.2, 0.25) is 5.02 Å². The van der Waals surface area contributed by atoms with Crippen molar-refractivity contribution in [1.82, 2.24) is 5.32 Å². The predicted molar refractivity (Wildman–Crippen MR) is 143 cm³/mol. The van der Waals surface area contributed by atoms with Crippen molar-refractivity contribution in [2.24, 2.45) is 4.99 Å². The molecule has 0 bridgehead atoms. The number of benzene rings is 3. The minimum Gasteiger partial charge on any atom is -0.490 e. The van der Waals surface area contributed by atoms with E-state index in [1.54, 1.807) is 6.07 Å². The van der Waals surface area contributed by atoms with Crippen LogP contribution in [0.5, 0.6) is 11.5 Å². The topological polar surface area (TPSA) is 59.9 Å². The molecule has 1 saturated heterocycles. The largest absolute Gasteiger partial charge is 0.490 e. The van der Waals surface area contributed by atoms with Crippen LogP contribution in [0.15, 0.2) is 75.0 Å². The van der Waals surface area contributed by atoms with Crippen LogP contribution in [-0.4, -0.2) is 17.7 Å². The number of thioether (sulfide) groups is 1. The summed E-state index contributed by atoms with van der Waals surface area (Å²) in [5.41, 5.74) is 3.58. The van der Waals surface area contributed by atoms with Gasteiger partial charge in [0.2, 0.25) is 0 Å². The second-order valence-electron chi connectivity index (χ2n) is 7.47.